The molecule has 9 nitrogen and oxygen atoms in total. The maximum absolute atomic E-state index is 13.1. The number of nitrogens with one attached hydrogen (secondary N) is 1. The zero-order valence-corrected chi connectivity index (χ0v) is 20.3. The molecule has 2 saturated heterocycles. The molecular formula is C23H32N4O5S. The summed E-state index contributed by atoms with van der Waals surface area (Å²) < 4.78 is 27.6. The highest BCUT2D eigenvalue weighted by Gasteiger charge is 2.55. The Morgan fingerprint density at radius 2 is 1.82 bits per heavy atom. The number of nitrogens with zero attached hydrogens (tertiary/aromatic N) is 3. The van der Waals surface area contributed by atoms with Crippen LogP contribution in [0, 0.1) is 19.8 Å². The van der Waals surface area contributed by atoms with Gasteiger partial charge in [-0.05, 0) is 49.8 Å². The van der Waals surface area contributed by atoms with E-state index < -0.39 is 21.6 Å². The van der Waals surface area contributed by atoms with E-state index >= 15 is 0 Å². The van der Waals surface area contributed by atoms with Gasteiger partial charge in [-0.3, -0.25) is 14.5 Å². The number of aryl methyl sites for hydroxylation is 2. The quantitative estimate of drug-likeness (QED) is 0.665. The Kier molecular flexibility index (Phi) is 6.26. The Bertz CT molecular complexity index is 1080. The molecule has 4 amide bonds. The van der Waals surface area contributed by atoms with Crippen molar-refractivity contribution in [3.63, 3.8) is 0 Å². The van der Waals surface area contributed by atoms with Crippen molar-refractivity contribution in [1.29, 1.82) is 0 Å². The summed E-state index contributed by atoms with van der Waals surface area (Å²) in [5.41, 5.74) is 0.656. The lowest BCUT2D eigenvalue weighted by atomic mass is 9.73. The van der Waals surface area contributed by atoms with Crippen molar-refractivity contribution in [2.45, 2.75) is 56.9 Å². The van der Waals surface area contributed by atoms with Crippen molar-refractivity contribution in [3.05, 3.63) is 29.3 Å². The lowest BCUT2D eigenvalue weighted by molar-refractivity contribution is -0.141. The molecule has 0 radical (unpaired) electrons. The average Bonchev–Trinajstić information content (AvgIpc) is 3.02. The molecule has 3 aliphatic rings. The first-order chi connectivity index (χ1) is 15.6. The van der Waals surface area contributed by atoms with Crippen LogP contribution in [0.15, 0.2) is 23.1 Å². The Labute approximate surface area is 195 Å². The number of imide groups is 1. The normalized spacial score (nSPS) is 26.7. The van der Waals surface area contributed by atoms with Gasteiger partial charge in [0.05, 0.1) is 4.90 Å². The second-order valence-corrected chi connectivity index (χ2v) is 11.4. The van der Waals surface area contributed by atoms with Crippen LogP contribution in [0.3, 0.4) is 0 Å². The van der Waals surface area contributed by atoms with Gasteiger partial charge >= 0.3 is 6.03 Å². The number of sulfonamides is 1. The van der Waals surface area contributed by atoms with Gasteiger partial charge in [0.25, 0.3) is 5.91 Å². The molecule has 1 aliphatic carbocycles. The SMILES string of the molecule is Cc1ccc(C)c(S(=O)(=O)N2CCN(C(=O)CN3C(=O)N[C@@]4(CCCC[C@@H]4C)C3=O)CC2)c1. The second-order valence-electron chi connectivity index (χ2n) is 9.49. The molecule has 180 valence electrons. The molecule has 2 atom stereocenters. The molecule has 1 spiro atoms. The second kappa shape index (κ2) is 8.72. The Hall–Kier alpha value is -2.46. The lowest BCUT2D eigenvalue weighted by Gasteiger charge is -2.37. The first-order valence-corrected chi connectivity index (χ1v) is 13.0. The molecule has 1 aromatic rings. The van der Waals surface area contributed by atoms with Crippen molar-refractivity contribution in [3.8, 4) is 0 Å². The summed E-state index contributed by atoms with van der Waals surface area (Å²) in [6.07, 6.45) is 3.36. The van der Waals surface area contributed by atoms with E-state index in [0.29, 0.717) is 12.0 Å². The summed E-state index contributed by atoms with van der Waals surface area (Å²) in [6.45, 7) is 6.04. The maximum Gasteiger partial charge on any atom is 0.325 e. The van der Waals surface area contributed by atoms with Crippen LogP contribution in [-0.4, -0.2) is 78.6 Å². The molecule has 1 N–H and O–H groups in total. The first-order valence-electron chi connectivity index (χ1n) is 11.6. The largest absolute Gasteiger partial charge is 0.338 e. The van der Waals surface area contributed by atoms with Gasteiger partial charge in [-0.1, -0.05) is 31.9 Å². The van der Waals surface area contributed by atoms with E-state index in [9.17, 15) is 22.8 Å². The fraction of sp³-hybridized carbons (Fsp3) is 0.609. The Balaban J connectivity index is 1.39. The zero-order chi connectivity index (χ0) is 24.0. The van der Waals surface area contributed by atoms with E-state index in [4.69, 9.17) is 0 Å². The average molecular weight is 477 g/mol. The minimum absolute atomic E-state index is 0.0293. The van der Waals surface area contributed by atoms with Crippen molar-refractivity contribution in [1.82, 2.24) is 19.4 Å². The first kappa shape index (κ1) is 23.7. The highest BCUT2D eigenvalue weighted by atomic mass is 32.2. The smallest absolute Gasteiger partial charge is 0.325 e. The topological polar surface area (TPSA) is 107 Å². The summed E-state index contributed by atoms with van der Waals surface area (Å²) in [5, 5.41) is 2.86. The van der Waals surface area contributed by atoms with Gasteiger partial charge in [-0.15, -0.1) is 0 Å². The zero-order valence-electron chi connectivity index (χ0n) is 19.5. The van der Waals surface area contributed by atoms with Gasteiger partial charge in [-0.2, -0.15) is 4.31 Å². The van der Waals surface area contributed by atoms with Crippen LogP contribution in [0.1, 0.15) is 43.7 Å². The molecule has 1 aromatic carbocycles. The van der Waals surface area contributed by atoms with Gasteiger partial charge in [0, 0.05) is 26.2 Å². The third-order valence-electron chi connectivity index (χ3n) is 7.35. The molecule has 0 aromatic heterocycles. The standard InChI is InChI=1S/C23H32N4O5S/c1-16-7-8-17(2)19(14-16)33(31,32)26-12-10-25(11-13-26)20(28)15-27-21(29)23(24-22(27)30)9-5-4-6-18(23)3/h7-8,14,18H,4-6,9-13,15H2,1-3H3,(H,24,30)/t18-,23+/m0/s1. The summed E-state index contributed by atoms with van der Waals surface area (Å²) >= 11 is 0. The summed E-state index contributed by atoms with van der Waals surface area (Å²) in [4.78, 5) is 41.4. The molecular weight excluding hydrogens is 444 g/mol. The number of piperazine rings is 1. The van der Waals surface area contributed by atoms with Gasteiger partial charge in [0.15, 0.2) is 0 Å². The maximum atomic E-state index is 13.1. The molecule has 4 rings (SSSR count). The number of carbonyl (C=O) groups is 3. The van der Waals surface area contributed by atoms with Crippen molar-refractivity contribution in [2.75, 3.05) is 32.7 Å². The molecule has 0 bridgehead atoms. The van der Waals surface area contributed by atoms with E-state index in [2.05, 4.69) is 5.32 Å². The summed E-state index contributed by atoms with van der Waals surface area (Å²) in [7, 11) is -3.66. The van der Waals surface area contributed by atoms with Crippen molar-refractivity contribution < 1.29 is 22.8 Å². The van der Waals surface area contributed by atoms with Gasteiger partial charge in [-0.25, -0.2) is 13.2 Å². The highest BCUT2D eigenvalue weighted by Crippen LogP contribution is 2.38. The number of amides is 4. The van der Waals surface area contributed by atoms with Crippen LogP contribution in [0.4, 0.5) is 4.79 Å². The van der Waals surface area contributed by atoms with E-state index in [1.54, 1.807) is 19.1 Å². The number of hydrogen-bond donors (Lipinski definition) is 1. The number of rotatable bonds is 4. The number of benzene rings is 1. The molecule has 33 heavy (non-hydrogen) atoms. The van der Waals surface area contributed by atoms with Crippen LogP contribution >= 0.6 is 0 Å². The third-order valence-corrected chi connectivity index (χ3v) is 9.39. The number of hydrogen-bond acceptors (Lipinski definition) is 5. The molecule has 3 fully saturated rings. The van der Waals surface area contributed by atoms with Crippen LogP contribution in [0.25, 0.3) is 0 Å². The van der Waals surface area contributed by atoms with E-state index in [1.807, 2.05) is 19.9 Å². The van der Waals surface area contributed by atoms with Crippen LogP contribution in [-0.2, 0) is 19.6 Å². The number of urea groups is 1. The Morgan fingerprint density at radius 1 is 1.12 bits per heavy atom. The fourth-order valence-electron chi connectivity index (χ4n) is 5.18. The number of carbonyl (C=O) groups excluding carboxylic acids is 3. The van der Waals surface area contributed by atoms with Crippen LogP contribution in [0.2, 0.25) is 0 Å². The summed E-state index contributed by atoms with van der Waals surface area (Å²) in [6, 6.07) is 4.82. The van der Waals surface area contributed by atoms with Gasteiger partial charge < -0.3 is 10.2 Å². The van der Waals surface area contributed by atoms with Crippen LogP contribution in [0.5, 0.6) is 0 Å². The molecule has 0 unspecified atom stereocenters. The van der Waals surface area contributed by atoms with Gasteiger partial charge in [0.1, 0.15) is 12.1 Å². The van der Waals surface area contributed by atoms with Gasteiger partial charge in [0.2, 0.25) is 15.9 Å². The minimum Gasteiger partial charge on any atom is -0.338 e. The van der Waals surface area contributed by atoms with Crippen molar-refractivity contribution >= 4 is 27.9 Å². The predicted octanol–water partition coefficient (Wildman–Crippen LogP) is 1.64. The fourth-order valence-corrected chi connectivity index (χ4v) is 6.91. The van der Waals surface area contributed by atoms with E-state index in [-0.39, 0.29) is 55.4 Å². The highest BCUT2D eigenvalue weighted by molar-refractivity contribution is 7.89. The van der Waals surface area contributed by atoms with E-state index in [0.717, 1.165) is 29.7 Å². The third kappa shape index (κ3) is 4.14. The lowest BCUT2D eigenvalue weighted by Crippen LogP contribution is -2.55. The molecule has 10 heteroatoms. The predicted molar refractivity (Wildman–Crippen MR) is 122 cm³/mol. The monoisotopic (exact) mass is 476 g/mol. The van der Waals surface area contributed by atoms with E-state index in [1.165, 1.54) is 9.21 Å². The molecule has 2 aliphatic heterocycles. The Morgan fingerprint density at radius 3 is 2.48 bits per heavy atom. The van der Waals surface area contributed by atoms with Crippen molar-refractivity contribution in [2.24, 2.45) is 5.92 Å². The summed E-state index contributed by atoms with van der Waals surface area (Å²) in [5.74, 6) is -0.631. The van der Waals surface area contributed by atoms with Crippen LogP contribution < -0.4 is 5.32 Å². The molecule has 1 saturated carbocycles. The minimum atomic E-state index is -3.66. The molecule has 2 heterocycles.